The molecule has 92 valence electrons. The molecule has 1 aromatic carbocycles. The fraction of sp³-hybridized carbons (Fsp3) is 0.500. The lowest BCUT2D eigenvalue weighted by Gasteiger charge is -2.19. The molecule has 0 spiro atoms. The van der Waals surface area contributed by atoms with Gasteiger partial charge in [-0.3, -0.25) is 4.99 Å². The summed E-state index contributed by atoms with van der Waals surface area (Å²) >= 11 is 0. The summed E-state index contributed by atoms with van der Waals surface area (Å²) in [6, 6.07) is 8.58. The fourth-order valence-electron chi connectivity index (χ4n) is 2.14. The van der Waals surface area contributed by atoms with E-state index in [-0.39, 0.29) is 5.54 Å². The van der Waals surface area contributed by atoms with Gasteiger partial charge in [0.25, 0.3) is 0 Å². The SMILES string of the molecule is CN1CCN=C1c1ccc(CC(C)(C)N)cc1. The summed E-state index contributed by atoms with van der Waals surface area (Å²) < 4.78 is 0. The first-order valence-electron chi connectivity index (χ1n) is 6.09. The zero-order valence-corrected chi connectivity index (χ0v) is 10.9. The van der Waals surface area contributed by atoms with Crippen LogP contribution < -0.4 is 5.73 Å². The van der Waals surface area contributed by atoms with Crippen molar-refractivity contribution in [1.29, 1.82) is 0 Å². The molecule has 0 radical (unpaired) electrons. The summed E-state index contributed by atoms with van der Waals surface area (Å²) in [6.07, 6.45) is 0.898. The van der Waals surface area contributed by atoms with E-state index >= 15 is 0 Å². The summed E-state index contributed by atoms with van der Waals surface area (Å²) in [4.78, 5) is 6.71. The molecule has 0 bridgehead atoms. The van der Waals surface area contributed by atoms with Gasteiger partial charge in [-0.25, -0.2) is 0 Å². The number of nitrogens with two attached hydrogens (primary N) is 1. The molecule has 1 aliphatic rings. The van der Waals surface area contributed by atoms with E-state index in [1.165, 1.54) is 11.1 Å². The number of hydrogen-bond acceptors (Lipinski definition) is 3. The zero-order valence-electron chi connectivity index (χ0n) is 10.9. The molecule has 0 saturated carbocycles. The van der Waals surface area contributed by atoms with Crippen LogP contribution in [0.2, 0.25) is 0 Å². The molecule has 0 fully saturated rings. The van der Waals surface area contributed by atoms with Crippen molar-refractivity contribution in [3.8, 4) is 0 Å². The highest BCUT2D eigenvalue weighted by molar-refractivity contribution is 5.99. The average Bonchev–Trinajstić information content (AvgIpc) is 2.63. The standard InChI is InChI=1S/C14H21N3/c1-14(2,15)10-11-4-6-12(7-5-11)13-16-8-9-17(13)3/h4-7H,8-10,15H2,1-3H3. The molecule has 1 aliphatic heterocycles. The van der Waals surface area contributed by atoms with E-state index in [1.54, 1.807) is 0 Å². The number of nitrogens with zero attached hydrogens (tertiary/aromatic N) is 2. The van der Waals surface area contributed by atoms with Crippen LogP contribution in [0.4, 0.5) is 0 Å². The van der Waals surface area contributed by atoms with Gasteiger partial charge in [0, 0.05) is 24.7 Å². The predicted molar refractivity (Wildman–Crippen MR) is 72.4 cm³/mol. The second-order valence-corrected chi connectivity index (χ2v) is 5.49. The van der Waals surface area contributed by atoms with Crippen LogP contribution in [0, 0.1) is 0 Å². The molecule has 2 N–H and O–H groups in total. The maximum Gasteiger partial charge on any atom is 0.130 e. The van der Waals surface area contributed by atoms with Crippen LogP contribution in [-0.4, -0.2) is 36.4 Å². The Bertz CT molecular complexity index is 412. The molecular formula is C14H21N3. The molecular weight excluding hydrogens is 210 g/mol. The van der Waals surface area contributed by atoms with Gasteiger partial charge in [0.15, 0.2) is 0 Å². The second-order valence-electron chi connectivity index (χ2n) is 5.49. The summed E-state index contributed by atoms with van der Waals surface area (Å²) in [7, 11) is 2.09. The van der Waals surface area contributed by atoms with Crippen molar-refractivity contribution in [2.45, 2.75) is 25.8 Å². The first kappa shape index (κ1) is 12.1. The lowest BCUT2D eigenvalue weighted by molar-refractivity contribution is 0.516. The summed E-state index contributed by atoms with van der Waals surface area (Å²) in [5, 5.41) is 0. The Morgan fingerprint density at radius 2 is 1.94 bits per heavy atom. The van der Waals surface area contributed by atoms with E-state index in [2.05, 4.69) is 55.1 Å². The number of benzene rings is 1. The number of hydrogen-bond donors (Lipinski definition) is 1. The largest absolute Gasteiger partial charge is 0.358 e. The molecule has 0 aromatic heterocycles. The van der Waals surface area contributed by atoms with Crippen LogP contribution >= 0.6 is 0 Å². The Balaban J connectivity index is 2.13. The van der Waals surface area contributed by atoms with Crippen molar-refractivity contribution in [3.05, 3.63) is 35.4 Å². The molecule has 0 atom stereocenters. The highest BCUT2D eigenvalue weighted by Crippen LogP contribution is 2.14. The van der Waals surface area contributed by atoms with E-state index in [0.29, 0.717) is 0 Å². The molecule has 0 amide bonds. The van der Waals surface area contributed by atoms with E-state index in [1.807, 2.05) is 0 Å². The minimum Gasteiger partial charge on any atom is -0.358 e. The van der Waals surface area contributed by atoms with Crippen molar-refractivity contribution in [1.82, 2.24) is 4.90 Å². The van der Waals surface area contributed by atoms with Gasteiger partial charge >= 0.3 is 0 Å². The molecule has 2 rings (SSSR count). The van der Waals surface area contributed by atoms with Gasteiger partial charge in [-0.15, -0.1) is 0 Å². The Kier molecular flexibility index (Phi) is 3.20. The second kappa shape index (κ2) is 4.49. The maximum atomic E-state index is 6.02. The first-order chi connectivity index (χ1) is 7.96. The molecule has 17 heavy (non-hydrogen) atoms. The van der Waals surface area contributed by atoms with E-state index in [4.69, 9.17) is 5.73 Å². The number of rotatable bonds is 3. The summed E-state index contributed by atoms with van der Waals surface area (Å²) in [6.45, 7) is 6.03. The maximum absolute atomic E-state index is 6.02. The van der Waals surface area contributed by atoms with Crippen molar-refractivity contribution >= 4 is 5.84 Å². The van der Waals surface area contributed by atoms with Crippen LogP contribution in [0.1, 0.15) is 25.0 Å². The molecule has 3 heteroatoms. The van der Waals surface area contributed by atoms with Gasteiger partial charge in [-0.05, 0) is 25.8 Å². The van der Waals surface area contributed by atoms with E-state index in [0.717, 1.165) is 25.3 Å². The highest BCUT2D eigenvalue weighted by Gasteiger charge is 2.15. The normalized spacial score (nSPS) is 16.2. The Hall–Kier alpha value is -1.35. The Morgan fingerprint density at radius 1 is 1.29 bits per heavy atom. The predicted octanol–water partition coefficient (Wildman–Crippen LogP) is 1.66. The van der Waals surface area contributed by atoms with Crippen molar-refractivity contribution in [2.24, 2.45) is 10.7 Å². The lowest BCUT2D eigenvalue weighted by atomic mass is 9.95. The highest BCUT2D eigenvalue weighted by atomic mass is 15.2. The molecule has 0 unspecified atom stereocenters. The minimum atomic E-state index is -0.150. The van der Waals surface area contributed by atoms with Gasteiger partial charge in [-0.1, -0.05) is 24.3 Å². The third-order valence-corrected chi connectivity index (χ3v) is 2.93. The number of likely N-dealkylation sites (N-methyl/N-ethyl adjacent to an activating group) is 1. The monoisotopic (exact) mass is 231 g/mol. The van der Waals surface area contributed by atoms with E-state index < -0.39 is 0 Å². The lowest BCUT2D eigenvalue weighted by Crippen LogP contribution is -2.34. The molecule has 3 nitrogen and oxygen atoms in total. The van der Waals surface area contributed by atoms with Gasteiger partial charge in [0.2, 0.25) is 0 Å². The van der Waals surface area contributed by atoms with Crippen LogP contribution in [-0.2, 0) is 6.42 Å². The smallest absolute Gasteiger partial charge is 0.130 e. The Labute approximate surface area is 103 Å². The van der Waals surface area contributed by atoms with Gasteiger partial charge in [0.1, 0.15) is 5.84 Å². The summed E-state index contributed by atoms with van der Waals surface area (Å²) in [5.74, 6) is 1.10. The van der Waals surface area contributed by atoms with Crippen LogP contribution in [0.3, 0.4) is 0 Å². The van der Waals surface area contributed by atoms with Crippen LogP contribution in [0.25, 0.3) is 0 Å². The third-order valence-electron chi connectivity index (χ3n) is 2.93. The minimum absolute atomic E-state index is 0.150. The van der Waals surface area contributed by atoms with Crippen molar-refractivity contribution < 1.29 is 0 Å². The van der Waals surface area contributed by atoms with Gasteiger partial charge in [0.05, 0.1) is 6.54 Å². The van der Waals surface area contributed by atoms with Gasteiger partial charge < -0.3 is 10.6 Å². The first-order valence-corrected chi connectivity index (χ1v) is 6.09. The topological polar surface area (TPSA) is 41.6 Å². The number of amidine groups is 1. The summed E-state index contributed by atoms with van der Waals surface area (Å²) in [5.41, 5.74) is 8.35. The zero-order chi connectivity index (χ0) is 12.5. The van der Waals surface area contributed by atoms with E-state index in [9.17, 15) is 0 Å². The van der Waals surface area contributed by atoms with Gasteiger partial charge in [-0.2, -0.15) is 0 Å². The van der Waals surface area contributed by atoms with Crippen molar-refractivity contribution in [2.75, 3.05) is 20.1 Å². The van der Waals surface area contributed by atoms with Crippen LogP contribution in [0.5, 0.6) is 0 Å². The fourth-order valence-corrected chi connectivity index (χ4v) is 2.14. The Morgan fingerprint density at radius 3 is 2.41 bits per heavy atom. The quantitative estimate of drug-likeness (QED) is 0.859. The molecule has 1 aromatic rings. The van der Waals surface area contributed by atoms with Crippen molar-refractivity contribution in [3.63, 3.8) is 0 Å². The third kappa shape index (κ3) is 3.07. The van der Waals surface area contributed by atoms with Crippen LogP contribution in [0.15, 0.2) is 29.3 Å². The average molecular weight is 231 g/mol. The molecule has 1 heterocycles. The number of aliphatic imine (C=N–C) groups is 1. The molecule has 0 saturated heterocycles. The molecule has 0 aliphatic carbocycles.